The first kappa shape index (κ1) is 33.7. The molecular formula is C34H38F4IN7O4. The van der Waals surface area contributed by atoms with Crippen molar-refractivity contribution in [2.75, 3.05) is 36.9 Å². The van der Waals surface area contributed by atoms with Crippen LogP contribution >= 0.6 is 22.6 Å². The maximum Gasteiger partial charge on any atom is 0.410 e. The first-order valence-corrected chi connectivity index (χ1v) is 18.0. The van der Waals surface area contributed by atoms with Gasteiger partial charge in [0.25, 0.3) is 0 Å². The molecule has 5 aliphatic rings. The number of rotatable bonds is 4. The van der Waals surface area contributed by atoms with Crippen molar-refractivity contribution < 1.29 is 36.6 Å². The second kappa shape index (κ2) is 11.8. The van der Waals surface area contributed by atoms with Gasteiger partial charge in [-0.1, -0.05) is 0 Å². The number of hydrogen-bond acceptors (Lipinski definition) is 10. The lowest BCUT2D eigenvalue weighted by molar-refractivity contribution is 0.000937. The Kier molecular flexibility index (Phi) is 7.97. The number of amides is 1. The fourth-order valence-electron chi connectivity index (χ4n) is 8.72. The number of carbonyl (C=O) groups is 1. The number of piperazine rings is 1. The van der Waals surface area contributed by atoms with Crippen LogP contribution in [-0.4, -0.2) is 98.6 Å². The molecule has 0 unspecified atom stereocenters. The number of nitrogen functional groups attached to an aromatic ring is 1. The number of alkyl halides is 1. The molecule has 2 aromatic heterocycles. The van der Waals surface area contributed by atoms with E-state index in [-0.39, 0.29) is 50.6 Å². The van der Waals surface area contributed by atoms with Gasteiger partial charge < -0.3 is 24.8 Å². The molecule has 50 heavy (non-hydrogen) atoms. The van der Waals surface area contributed by atoms with E-state index in [1.165, 1.54) is 0 Å². The second-order valence-corrected chi connectivity index (χ2v) is 16.3. The van der Waals surface area contributed by atoms with Crippen LogP contribution in [0, 0.1) is 21.0 Å². The zero-order valence-corrected chi connectivity index (χ0v) is 30.3. The maximum absolute atomic E-state index is 16.9. The van der Waals surface area contributed by atoms with Gasteiger partial charge in [-0.15, -0.1) is 0 Å². The maximum atomic E-state index is 16.9. The number of anilines is 2. The molecule has 4 saturated heterocycles. The van der Waals surface area contributed by atoms with Crippen molar-refractivity contribution in [1.82, 2.24) is 24.8 Å². The number of carbonyl (C=O) groups excluding carboxylic acids is 1. The number of hydrogen-bond donors (Lipinski definition) is 1. The van der Waals surface area contributed by atoms with Gasteiger partial charge in [0.1, 0.15) is 58.4 Å². The molecule has 11 nitrogen and oxygen atoms in total. The normalized spacial score (nSPS) is 28.8. The minimum Gasteiger partial charge on any atom is -0.472 e. The third-order valence-corrected chi connectivity index (χ3v) is 11.6. The van der Waals surface area contributed by atoms with Crippen molar-refractivity contribution in [3.63, 3.8) is 0 Å². The van der Waals surface area contributed by atoms with Crippen molar-refractivity contribution in [2.24, 2.45) is 0 Å². The lowest BCUT2D eigenvalue weighted by atomic mass is 9.95. The van der Waals surface area contributed by atoms with Gasteiger partial charge in [0, 0.05) is 23.1 Å². The van der Waals surface area contributed by atoms with Gasteiger partial charge in [-0.2, -0.15) is 9.97 Å². The highest BCUT2D eigenvalue weighted by Crippen LogP contribution is 2.48. The predicted molar refractivity (Wildman–Crippen MR) is 184 cm³/mol. The average Bonchev–Trinajstić information content (AvgIpc) is 3.65. The molecule has 0 spiro atoms. The van der Waals surface area contributed by atoms with E-state index < -0.39 is 64.4 Å². The highest BCUT2D eigenvalue weighted by molar-refractivity contribution is 14.1. The average molecular weight is 812 g/mol. The van der Waals surface area contributed by atoms with Gasteiger partial charge in [-0.05, 0) is 88.6 Å². The van der Waals surface area contributed by atoms with E-state index in [0.717, 1.165) is 25.5 Å². The van der Waals surface area contributed by atoms with Crippen molar-refractivity contribution in [2.45, 2.75) is 101 Å². The number of benzene rings is 1. The van der Waals surface area contributed by atoms with Crippen LogP contribution in [0.15, 0.2) is 6.07 Å². The van der Waals surface area contributed by atoms with Crippen molar-refractivity contribution in [3.8, 4) is 23.1 Å². The summed E-state index contributed by atoms with van der Waals surface area (Å²) >= 11 is 1.71. The molecule has 8 rings (SSSR count). The molecule has 5 aliphatic heterocycles. The molecule has 1 aromatic carbocycles. The Labute approximate surface area is 300 Å². The van der Waals surface area contributed by atoms with Gasteiger partial charge in [0.15, 0.2) is 11.6 Å². The summed E-state index contributed by atoms with van der Waals surface area (Å²) in [5.41, 5.74) is 2.68. The molecule has 2 N–H and O–H groups in total. The van der Waals surface area contributed by atoms with E-state index in [2.05, 4.69) is 14.9 Å². The summed E-state index contributed by atoms with van der Waals surface area (Å²) < 4.78 is 80.1. The number of halogens is 5. The summed E-state index contributed by atoms with van der Waals surface area (Å²) in [4.78, 5) is 33.3. The summed E-state index contributed by atoms with van der Waals surface area (Å²) in [6, 6.07) is -0.155. The van der Waals surface area contributed by atoms with Gasteiger partial charge in [0.2, 0.25) is 5.88 Å². The molecule has 268 valence electrons. The van der Waals surface area contributed by atoms with Crippen molar-refractivity contribution in [3.05, 3.63) is 27.1 Å². The van der Waals surface area contributed by atoms with E-state index in [9.17, 15) is 13.6 Å². The highest BCUT2D eigenvalue weighted by atomic mass is 127. The molecule has 7 heterocycles. The fourth-order valence-corrected chi connectivity index (χ4v) is 9.48. The summed E-state index contributed by atoms with van der Waals surface area (Å²) in [6.45, 7) is 8.80. The quantitative estimate of drug-likeness (QED) is 0.191. The summed E-state index contributed by atoms with van der Waals surface area (Å²) in [5.74, 6) is -2.88. The Bertz CT molecular complexity index is 1920. The first-order chi connectivity index (χ1) is 23.7. The highest BCUT2D eigenvalue weighted by Gasteiger charge is 2.54. The molecule has 4 fully saturated rings. The summed E-state index contributed by atoms with van der Waals surface area (Å²) in [5, 5.41) is 0.161. The topological polar surface area (TPSA) is 119 Å². The van der Waals surface area contributed by atoms with Crippen LogP contribution in [0.4, 0.5) is 33.9 Å². The third kappa shape index (κ3) is 5.29. The Morgan fingerprint density at radius 2 is 1.94 bits per heavy atom. The van der Waals surface area contributed by atoms with Crippen LogP contribution in [0.3, 0.4) is 0 Å². The standard InChI is InChI=1S/C34H38F4IN7O4/c1-15-28-20-7-6-17(46(20)32(47)50-33(2,3)4)13-45(28)29-22-27(42-31(43-29)48-14-34-8-5-9-44(34)12-16(35)11-34)24(38)26(41-30(22)49-15)21-19(39)10-18(36)25(40)23(21)37/h10,15-17,20,28H,5-9,11-14,40H2,1-4H3/t15-,16+,17+,20-,28+,34-/m0/s1. The zero-order chi connectivity index (χ0) is 35.4. The number of nitrogens with two attached hydrogens (primary N) is 1. The van der Waals surface area contributed by atoms with E-state index in [1.807, 2.05) is 32.6 Å². The minimum absolute atomic E-state index is 0.0438. The van der Waals surface area contributed by atoms with E-state index in [0.29, 0.717) is 38.2 Å². The molecule has 1 amide bonds. The van der Waals surface area contributed by atoms with Crippen molar-refractivity contribution in [1.29, 1.82) is 0 Å². The Morgan fingerprint density at radius 3 is 2.70 bits per heavy atom. The summed E-state index contributed by atoms with van der Waals surface area (Å²) in [7, 11) is 0. The van der Waals surface area contributed by atoms with Gasteiger partial charge in [0.05, 0.1) is 29.2 Å². The Balaban J connectivity index is 1.28. The van der Waals surface area contributed by atoms with Crippen LogP contribution in [0.1, 0.15) is 59.8 Å². The number of fused-ring (bicyclic) bond motifs is 6. The minimum atomic E-state index is -1.16. The molecule has 3 aromatic rings. The summed E-state index contributed by atoms with van der Waals surface area (Å²) in [6.07, 6.45) is 1.31. The number of pyridine rings is 1. The number of ether oxygens (including phenoxy) is 3. The predicted octanol–water partition coefficient (Wildman–Crippen LogP) is 5.99. The molecule has 2 bridgehead atoms. The molecule has 6 atom stereocenters. The Morgan fingerprint density at radius 1 is 1.16 bits per heavy atom. The van der Waals surface area contributed by atoms with Crippen LogP contribution in [0.5, 0.6) is 11.9 Å². The third-order valence-electron chi connectivity index (χ3n) is 10.7. The van der Waals surface area contributed by atoms with Crippen LogP contribution < -0.4 is 20.1 Å². The van der Waals surface area contributed by atoms with Gasteiger partial charge >= 0.3 is 12.1 Å². The molecule has 0 saturated carbocycles. The fraction of sp³-hybridized carbons (Fsp3) is 0.588. The first-order valence-electron chi connectivity index (χ1n) is 17.0. The molecule has 16 heteroatoms. The van der Waals surface area contributed by atoms with E-state index in [4.69, 9.17) is 24.9 Å². The monoisotopic (exact) mass is 811 g/mol. The smallest absolute Gasteiger partial charge is 0.410 e. The largest absolute Gasteiger partial charge is 0.472 e. The second-order valence-electron chi connectivity index (χ2n) is 15.1. The van der Waals surface area contributed by atoms with Crippen LogP contribution in [0.25, 0.3) is 22.2 Å². The number of nitrogens with zero attached hydrogens (tertiary/aromatic N) is 6. The van der Waals surface area contributed by atoms with Gasteiger partial charge in [-0.3, -0.25) is 9.80 Å². The lowest BCUT2D eigenvalue weighted by Gasteiger charge is -2.48. The SMILES string of the molecule is C[C@@H]1Oc2nc(-c3c(I)cc(F)c(N)c3F)c(F)c3nc(OC[C@@]45CCCN4C[C@H](F)C5)nc(c23)N2C[C@H]3CC[C@@H]([C@@H]12)N3C(=O)OC(C)(C)C. The van der Waals surface area contributed by atoms with E-state index in [1.54, 1.807) is 27.5 Å². The molecule has 0 aliphatic carbocycles. The lowest BCUT2D eigenvalue weighted by Crippen LogP contribution is -2.65. The number of aromatic nitrogens is 3. The molecular weight excluding hydrogens is 773 g/mol. The van der Waals surface area contributed by atoms with Crippen molar-refractivity contribution >= 4 is 51.1 Å². The Hall–Kier alpha value is -3.41. The van der Waals surface area contributed by atoms with Crippen LogP contribution in [0.2, 0.25) is 0 Å². The van der Waals surface area contributed by atoms with Crippen LogP contribution in [-0.2, 0) is 4.74 Å². The van der Waals surface area contributed by atoms with Gasteiger partial charge in [-0.25, -0.2) is 27.3 Å². The zero-order valence-electron chi connectivity index (χ0n) is 28.1. The molecule has 0 radical (unpaired) electrons. The van der Waals surface area contributed by atoms with E-state index >= 15 is 8.78 Å².